The van der Waals surface area contributed by atoms with Gasteiger partial charge in [-0.05, 0) is 30.5 Å². The van der Waals surface area contributed by atoms with E-state index in [9.17, 15) is 10.1 Å². The Labute approximate surface area is 167 Å². The van der Waals surface area contributed by atoms with Crippen molar-refractivity contribution in [3.8, 4) is 17.2 Å². The maximum Gasteiger partial charge on any atom is 0.235 e. The third-order valence-corrected chi connectivity index (χ3v) is 6.25. The van der Waals surface area contributed by atoms with E-state index in [1.165, 1.54) is 16.0 Å². The maximum absolute atomic E-state index is 11.9. The van der Waals surface area contributed by atoms with Crippen LogP contribution < -0.4 is 10.2 Å². The molecule has 0 bridgehead atoms. The van der Waals surface area contributed by atoms with Crippen molar-refractivity contribution >= 4 is 33.2 Å². The van der Waals surface area contributed by atoms with Crippen molar-refractivity contribution in [3.05, 3.63) is 41.0 Å². The first kappa shape index (κ1) is 18.5. The first-order valence-electron chi connectivity index (χ1n) is 9.39. The Morgan fingerprint density at radius 3 is 2.57 bits per heavy atom. The highest BCUT2D eigenvalue weighted by molar-refractivity contribution is 7.18. The molecule has 2 aromatic heterocycles. The zero-order valence-corrected chi connectivity index (χ0v) is 16.7. The Hall–Kier alpha value is -2.82. The predicted octanol–water partition coefficient (Wildman–Crippen LogP) is 3.16. The number of nitriles is 1. The number of nitrogens with one attached hydrogen (secondary N) is 1. The molecule has 3 aliphatic rings. The van der Waals surface area contributed by atoms with Crippen LogP contribution in [0, 0.1) is 11.3 Å². The van der Waals surface area contributed by atoms with Crippen LogP contribution in [0.15, 0.2) is 30.3 Å². The molecule has 0 aromatic carbocycles. The monoisotopic (exact) mass is 391 g/mol. The number of carbonyl (C=O) groups is 1. The zero-order chi connectivity index (χ0) is 19.7. The number of hydrogen-bond acceptors (Lipinski definition) is 7. The number of aromatic nitrogens is 2. The van der Waals surface area contributed by atoms with Crippen LogP contribution >= 0.6 is 11.3 Å². The summed E-state index contributed by atoms with van der Waals surface area (Å²) in [5, 5.41) is 13.4. The number of rotatable bonds is 3. The Balaban J connectivity index is 0.000000268. The molecule has 0 spiro atoms. The fourth-order valence-corrected chi connectivity index (χ4v) is 4.34. The summed E-state index contributed by atoms with van der Waals surface area (Å²) in [4.78, 5) is 24.7. The fourth-order valence-electron chi connectivity index (χ4n) is 3.38. The lowest BCUT2D eigenvalue weighted by Crippen LogP contribution is -2.55. The molecule has 7 heteroatoms. The Morgan fingerprint density at radius 1 is 1.32 bits per heavy atom. The molecule has 6 nitrogen and oxygen atoms in total. The number of piperazine rings is 1. The van der Waals surface area contributed by atoms with E-state index in [2.05, 4.69) is 52.5 Å². The van der Waals surface area contributed by atoms with Crippen LogP contribution in [0.1, 0.15) is 24.5 Å². The van der Waals surface area contributed by atoms with Gasteiger partial charge in [0.2, 0.25) is 5.82 Å². The Morgan fingerprint density at radius 2 is 2.04 bits per heavy atom. The number of ketones is 1. The highest BCUT2D eigenvalue weighted by Crippen LogP contribution is 2.32. The van der Waals surface area contributed by atoms with E-state index in [-0.39, 0.29) is 17.6 Å². The van der Waals surface area contributed by atoms with Gasteiger partial charge in [-0.1, -0.05) is 31.2 Å². The van der Waals surface area contributed by atoms with Gasteiger partial charge in [-0.3, -0.25) is 4.79 Å². The zero-order valence-electron chi connectivity index (χ0n) is 15.9. The van der Waals surface area contributed by atoms with Crippen LogP contribution in [0.25, 0.3) is 21.3 Å². The molecule has 1 atom stereocenters. The number of nitrogens with zero attached hydrogens (tertiary/aromatic N) is 4. The van der Waals surface area contributed by atoms with Crippen molar-refractivity contribution in [3.63, 3.8) is 0 Å². The van der Waals surface area contributed by atoms with Crippen molar-refractivity contribution in [2.24, 2.45) is 0 Å². The fraction of sp³-hybridized carbons (Fsp3) is 0.333. The van der Waals surface area contributed by atoms with Gasteiger partial charge in [0, 0.05) is 24.5 Å². The summed E-state index contributed by atoms with van der Waals surface area (Å²) in [6.45, 7) is 5.78. The number of thiophene rings is 1. The van der Waals surface area contributed by atoms with E-state index >= 15 is 0 Å². The molecule has 3 heterocycles. The molecule has 28 heavy (non-hydrogen) atoms. The minimum atomic E-state index is -0.247. The first-order valence-corrected chi connectivity index (χ1v) is 10.2. The second-order valence-electron chi connectivity index (χ2n) is 6.87. The number of carbonyl (C=O) groups excluding carboxylic acids is 1. The van der Waals surface area contributed by atoms with E-state index in [1.54, 1.807) is 18.3 Å². The molecule has 5 rings (SSSR count). The standard InChI is InChI=1S/C15H17N5OS.C6H4/c1-3-10-6-11-14(18-13(7-16)19-15(11)22-10)20-5-4-17-8-12(20)9(2)21;1-2-6-4-3-5(1)6/h6,12,17H,3-5,8H2,1-2H3;1-4H. The number of Topliss-reactive ketones (excluding diaryl/α,β-unsaturated/α-hetero) is 1. The molecule has 0 saturated carbocycles. The lowest BCUT2D eigenvalue weighted by molar-refractivity contribution is -0.118. The Kier molecular flexibility index (Phi) is 5.07. The summed E-state index contributed by atoms with van der Waals surface area (Å²) < 4.78 is 0. The molecule has 0 amide bonds. The quantitative estimate of drug-likeness (QED) is 0.578. The summed E-state index contributed by atoms with van der Waals surface area (Å²) in [6, 6.07) is 12.3. The number of fused-ring (bicyclic) bond motifs is 2. The highest BCUT2D eigenvalue weighted by atomic mass is 32.1. The molecule has 142 valence electrons. The van der Waals surface area contributed by atoms with Gasteiger partial charge in [-0.25, -0.2) is 9.97 Å². The topological polar surface area (TPSA) is 81.9 Å². The average Bonchev–Trinajstić information content (AvgIpc) is 3.13. The van der Waals surface area contributed by atoms with Crippen molar-refractivity contribution in [1.29, 1.82) is 5.26 Å². The van der Waals surface area contributed by atoms with Crippen molar-refractivity contribution in [2.45, 2.75) is 26.3 Å². The van der Waals surface area contributed by atoms with Gasteiger partial charge < -0.3 is 10.2 Å². The van der Waals surface area contributed by atoms with Gasteiger partial charge in [0.1, 0.15) is 22.8 Å². The van der Waals surface area contributed by atoms with Gasteiger partial charge in [0.25, 0.3) is 0 Å². The first-order chi connectivity index (χ1) is 13.6. The number of hydrogen-bond donors (Lipinski definition) is 1. The second-order valence-corrected chi connectivity index (χ2v) is 7.98. The number of benzene rings is 1. The molecule has 1 saturated heterocycles. The molecule has 0 radical (unpaired) electrons. The van der Waals surface area contributed by atoms with Crippen molar-refractivity contribution in [2.75, 3.05) is 24.5 Å². The maximum atomic E-state index is 11.9. The van der Waals surface area contributed by atoms with Crippen LogP contribution in [0.2, 0.25) is 0 Å². The highest BCUT2D eigenvalue weighted by Gasteiger charge is 2.29. The van der Waals surface area contributed by atoms with Gasteiger partial charge >= 0.3 is 0 Å². The molecule has 1 fully saturated rings. The predicted molar refractivity (Wildman–Crippen MR) is 112 cm³/mol. The molecule has 2 aromatic rings. The molecular weight excluding hydrogens is 370 g/mol. The van der Waals surface area contributed by atoms with Crippen LogP contribution in [-0.2, 0) is 11.2 Å². The van der Waals surface area contributed by atoms with E-state index in [0.29, 0.717) is 18.9 Å². The van der Waals surface area contributed by atoms with Gasteiger partial charge in [0.15, 0.2) is 5.78 Å². The third-order valence-electron chi connectivity index (χ3n) is 5.08. The van der Waals surface area contributed by atoms with Crippen molar-refractivity contribution < 1.29 is 4.79 Å². The second kappa shape index (κ2) is 7.66. The summed E-state index contributed by atoms with van der Waals surface area (Å²) >= 11 is 1.59. The molecule has 1 aliphatic heterocycles. The van der Waals surface area contributed by atoms with Gasteiger partial charge in [-0.15, -0.1) is 11.3 Å². The van der Waals surface area contributed by atoms with Crippen LogP contribution in [-0.4, -0.2) is 41.4 Å². The summed E-state index contributed by atoms with van der Waals surface area (Å²) in [6.07, 6.45) is 0.917. The summed E-state index contributed by atoms with van der Waals surface area (Å²) in [5.41, 5.74) is 2.85. The van der Waals surface area contributed by atoms with E-state index < -0.39 is 0 Å². The lowest BCUT2D eigenvalue weighted by Gasteiger charge is -2.35. The van der Waals surface area contributed by atoms with E-state index in [4.69, 9.17) is 0 Å². The lowest BCUT2D eigenvalue weighted by atomic mass is 9.95. The van der Waals surface area contributed by atoms with E-state index in [1.807, 2.05) is 11.0 Å². The number of anilines is 1. The molecule has 1 unspecified atom stereocenters. The third kappa shape index (κ3) is 3.37. The Bertz CT molecular complexity index is 1050. The molecule has 1 N–H and O–H groups in total. The minimum Gasteiger partial charge on any atom is -0.343 e. The molecular formula is C21H21N5OS. The smallest absolute Gasteiger partial charge is 0.235 e. The average molecular weight is 392 g/mol. The van der Waals surface area contributed by atoms with E-state index in [0.717, 1.165) is 23.2 Å². The number of aryl methyl sites for hydroxylation is 1. The molecule has 2 aliphatic carbocycles. The normalized spacial score (nSPS) is 16.9. The van der Waals surface area contributed by atoms with Gasteiger partial charge in [0.05, 0.1) is 5.39 Å². The minimum absolute atomic E-state index is 0.100. The largest absolute Gasteiger partial charge is 0.343 e. The van der Waals surface area contributed by atoms with Gasteiger partial charge in [-0.2, -0.15) is 5.26 Å². The van der Waals surface area contributed by atoms with Crippen LogP contribution in [0.4, 0.5) is 5.82 Å². The SMILES string of the molecule is CCc1cc2c(N3CCNCC3C(C)=O)nc(C#N)nc2s1.c1cc2ccc1-2. The summed E-state index contributed by atoms with van der Waals surface area (Å²) in [7, 11) is 0. The summed E-state index contributed by atoms with van der Waals surface area (Å²) in [5.74, 6) is 0.968. The van der Waals surface area contributed by atoms with Crippen LogP contribution in [0.5, 0.6) is 0 Å². The van der Waals surface area contributed by atoms with Crippen molar-refractivity contribution in [1.82, 2.24) is 15.3 Å². The van der Waals surface area contributed by atoms with Crippen LogP contribution in [0.3, 0.4) is 0 Å².